The third kappa shape index (κ3) is 57.3. The van der Waals surface area contributed by atoms with E-state index >= 15 is 0 Å². The number of carboxylic acid groups (broad SMARTS) is 2. The van der Waals surface area contributed by atoms with Gasteiger partial charge in [-0.25, -0.2) is 0 Å². The number of rotatable bonds is 40. The first-order valence-electron chi connectivity index (χ1n) is 21.9. The Hall–Kier alpha value is -0.294. The maximum absolute atomic E-state index is 10.3. The standard InChI is InChI=1S/2C22H44O2.Mg/c2*1-2-3-4-5-6-7-8-9-10-11-12-13-14-15-16-17-18-19-20-21-22(23)24;/h2*2-21H2,1H3,(H,23,24);/q;;+2/p-2. The molecular formula is C44H86MgO4. The summed E-state index contributed by atoms with van der Waals surface area (Å²) in [5.41, 5.74) is 0. The second-order valence-electron chi connectivity index (χ2n) is 15.0. The minimum Gasteiger partial charge on any atom is -0.550 e. The molecule has 0 radical (unpaired) electrons. The molecule has 0 amide bonds. The van der Waals surface area contributed by atoms with E-state index in [0.29, 0.717) is 0 Å². The van der Waals surface area contributed by atoms with Crippen molar-refractivity contribution in [3.63, 3.8) is 0 Å². The minimum absolute atomic E-state index is 0. The van der Waals surface area contributed by atoms with Gasteiger partial charge in [-0.1, -0.05) is 245 Å². The van der Waals surface area contributed by atoms with Crippen molar-refractivity contribution < 1.29 is 19.8 Å². The van der Waals surface area contributed by atoms with E-state index in [1.165, 1.54) is 218 Å². The van der Waals surface area contributed by atoms with E-state index in [1.54, 1.807) is 0 Å². The molecule has 0 fully saturated rings. The van der Waals surface area contributed by atoms with E-state index in [-0.39, 0.29) is 35.9 Å². The van der Waals surface area contributed by atoms with Gasteiger partial charge in [-0.2, -0.15) is 0 Å². The molecular weight excluding hydrogens is 617 g/mol. The molecule has 0 spiro atoms. The molecule has 0 saturated heterocycles. The number of hydrogen-bond acceptors (Lipinski definition) is 4. The normalized spacial score (nSPS) is 10.8. The summed E-state index contributed by atoms with van der Waals surface area (Å²) in [5, 5.41) is 20.5. The van der Waals surface area contributed by atoms with Crippen LogP contribution in [0.2, 0.25) is 0 Å². The Balaban J connectivity index is -0.000000846. The molecule has 4 nitrogen and oxygen atoms in total. The molecule has 0 aromatic rings. The number of carbonyl (C=O) groups excluding carboxylic acids is 2. The summed E-state index contributed by atoms with van der Waals surface area (Å²) in [6.07, 6.45) is 51.5. The first-order valence-corrected chi connectivity index (χ1v) is 21.9. The molecule has 49 heavy (non-hydrogen) atoms. The molecule has 0 aromatic heterocycles. The molecule has 0 atom stereocenters. The topological polar surface area (TPSA) is 80.3 Å². The zero-order valence-corrected chi connectivity index (χ0v) is 35.0. The molecule has 288 valence electrons. The van der Waals surface area contributed by atoms with Gasteiger partial charge in [0.25, 0.3) is 0 Å². The molecule has 0 bridgehead atoms. The van der Waals surface area contributed by atoms with Crippen molar-refractivity contribution in [3.05, 3.63) is 0 Å². The number of aliphatic carboxylic acids is 2. The fourth-order valence-corrected chi connectivity index (χ4v) is 6.70. The van der Waals surface area contributed by atoms with Gasteiger partial charge in [-0.05, 0) is 25.7 Å². The van der Waals surface area contributed by atoms with Gasteiger partial charge in [0.15, 0.2) is 0 Å². The van der Waals surface area contributed by atoms with Crippen molar-refractivity contribution in [2.75, 3.05) is 0 Å². The largest absolute Gasteiger partial charge is 2.00 e. The Morgan fingerprint density at radius 2 is 0.388 bits per heavy atom. The molecule has 0 heterocycles. The summed E-state index contributed by atoms with van der Waals surface area (Å²) in [4.78, 5) is 20.5. The van der Waals surface area contributed by atoms with Crippen molar-refractivity contribution in [1.29, 1.82) is 0 Å². The van der Waals surface area contributed by atoms with Gasteiger partial charge < -0.3 is 19.8 Å². The Morgan fingerprint density at radius 1 is 0.265 bits per heavy atom. The molecule has 0 aliphatic heterocycles. The summed E-state index contributed by atoms with van der Waals surface area (Å²) >= 11 is 0. The zero-order chi connectivity index (χ0) is 35.4. The van der Waals surface area contributed by atoms with Gasteiger partial charge in [-0.15, -0.1) is 0 Å². The third-order valence-electron chi connectivity index (χ3n) is 9.97. The Labute approximate surface area is 324 Å². The van der Waals surface area contributed by atoms with Gasteiger partial charge in [0, 0.05) is 11.9 Å². The molecule has 0 saturated carbocycles. The summed E-state index contributed by atoms with van der Waals surface area (Å²) in [5.74, 6) is -1.80. The fraction of sp³-hybridized carbons (Fsp3) is 0.955. The van der Waals surface area contributed by atoms with Crippen LogP contribution in [0.25, 0.3) is 0 Å². The fourth-order valence-electron chi connectivity index (χ4n) is 6.70. The second kappa shape index (κ2) is 49.8. The number of carbonyl (C=O) groups is 2. The monoisotopic (exact) mass is 703 g/mol. The van der Waals surface area contributed by atoms with E-state index in [4.69, 9.17) is 0 Å². The van der Waals surface area contributed by atoms with E-state index in [9.17, 15) is 19.8 Å². The van der Waals surface area contributed by atoms with Gasteiger partial charge in [0.05, 0.1) is 0 Å². The van der Waals surface area contributed by atoms with E-state index < -0.39 is 11.9 Å². The van der Waals surface area contributed by atoms with Crippen LogP contribution in [0.3, 0.4) is 0 Å². The predicted octanol–water partition coefficient (Wildman–Crippen LogP) is 12.7. The predicted molar refractivity (Wildman–Crippen MR) is 212 cm³/mol. The molecule has 0 rings (SSSR count). The molecule has 5 heteroatoms. The first-order chi connectivity index (χ1) is 23.5. The van der Waals surface area contributed by atoms with Crippen LogP contribution >= 0.6 is 0 Å². The summed E-state index contributed by atoms with van der Waals surface area (Å²) in [6, 6.07) is 0. The maximum Gasteiger partial charge on any atom is 2.00 e. The number of hydrogen-bond donors (Lipinski definition) is 0. The van der Waals surface area contributed by atoms with Gasteiger partial charge >= 0.3 is 23.1 Å². The molecule has 0 aliphatic rings. The second-order valence-corrected chi connectivity index (χ2v) is 15.0. The average Bonchev–Trinajstić information content (AvgIpc) is 3.07. The summed E-state index contributed by atoms with van der Waals surface area (Å²) < 4.78 is 0. The van der Waals surface area contributed by atoms with Crippen LogP contribution in [-0.4, -0.2) is 35.0 Å². The van der Waals surface area contributed by atoms with Crippen molar-refractivity contribution in [1.82, 2.24) is 0 Å². The van der Waals surface area contributed by atoms with Crippen molar-refractivity contribution in [2.24, 2.45) is 0 Å². The van der Waals surface area contributed by atoms with Crippen molar-refractivity contribution in [2.45, 2.75) is 271 Å². The maximum atomic E-state index is 10.3. The van der Waals surface area contributed by atoms with Crippen LogP contribution in [0.15, 0.2) is 0 Å². The van der Waals surface area contributed by atoms with E-state index in [1.807, 2.05) is 0 Å². The van der Waals surface area contributed by atoms with Crippen molar-refractivity contribution in [3.8, 4) is 0 Å². The van der Waals surface area contributed by atoms with Crippen molar-refractivity contribution >= 4 is 35.0 Å². The van der Waals surface area contributed by atoms with E-state index in [2.05, 4.69) is 13.8 Å². The SMILES string of the molecule is CCCCCCCCCCCCCCCCCCCCCC(=O)[O-].CCCCCCCCCCCCCCCCCCCCCC(=O)[O-].[Mg+2]. The van der Waals surface area contributed by atoms with Gasteiger partial charge in [0.1, 0.15) is 0 Å². The van der Waals surface area contributed by atoms with Crippen LogP contribution in [0, 0.1) is 0 Å². The molecule has 0 N–H and O–H groups in total. The van der Waals surface area contributed by atoms with Crippen LogP contribution in [0.4, 0.5) is 0 Å². The Kier molecular flexibility index (Phi) is 53.9. The molecule has 0 aromatic carbocycles. The minimum atomic E-state index is -0.901. The van der Waals surface area contributed by atoms with Crippen LogP contribution < -0.4 is 10.2 Å². The Bertz CT molecular complexity index is 560. The molecule has 0 unspecified atom stereocenters. The number of carboxylic acids is 2. The summed E-state index contributed by atoms with van der Waals surface area (Å²) in [7, 11) is 0. The smallest absolute Gasteiger partial charge is 0.550 e. The van der Waals surface area contributed by atoms with Crippen LogP contribution in [-0.2, 0) is 9.59 Å². The van der Waals surface area contributed by atoms with Crippen LogP contribution in [0.5, 0.6) is 0 Å². The quantitative estimate of drug-likeness (QED) is 0.0470. The average molecular weight is 703 g/mol. The zero-order valence-electron chi connectivity index (χ0n) is 33.6. The summed E-state index contributed by atoms with van der Waals surface area (Å²) in [6.45, 7) is 4.56. The first kappa shape index (κ1) is 53.1. The number of unbranched alkanes of at least 4 members (excludes halogenated alkanes) is 36. The van der Waals surface area contributed by atoms with Crippen LogP contribution in [0.1, 0.15) is 271 Å². The van der Waals surface area contributed by atoms with E-state index in [0.717, 1.165) is 25.7 Å². The van der Waals surface area contributed by atoms with Gasteiger partial charge in [0.2, 0.25) is 0 Å². The van der Waals surface area contributed by atoms with Gasteiger partial charge in [-0.3, -0.25) is 0 Å². The third-order valence-corrected chi connectivity index (χ3v) is 9.97. The molecule has 0 aliphatic carbocycles. The Morgan fingerprint density at radius 3 is 0.510 bits per heavy atom.